The summed E-state index contributed by atoms with van der Waals surface area (Å²) >= 11 is 0. The highest BCUT2D eigenvalue weighted by molar-refractivity contribution is 5.73. The minimum atomic E-state index is -0.282. The summed E-state index contributed by atoms with van der Waals surface area (Å²) < 4.78 is 0. The Bertz CT molecular complexity index is 162. The van der Waals surface area contributed by atoms with Gasteiger partial charge in [-0.1, -0.05) is 6.92 Å². The first-order valence-electron chi connectivity index (χ1n) is 5.10. The van der Waals surface area contributed by atoms with Gasteiger partial charge in [-0.15, -0.1) is 0 Å². The normalized spacial score (nSPS) is 13.1. The van der Waals surface area contributed by atoms with Gasteiger partial charge < -0.3 is 10.8 Å². The Labute approximate surface area is 86.1 Å². The highest BCUT2D eigenvalue weighted by Crippen LogP contribution is 2.08. The third-order valence-corrected chi connectivity index (χ3v) is 2.27. The number of aliphatic hydroxyl groups excluding tert-OH is 1. The van der Waals surface area contributed by atoms with Crippen molar-refractivity contribution in [3.63, 3.8) is 0 Å². The van der Waals surface area contributed by atoms with Crippen LogP contribution < -0.4 is 5.73 Å². The number of primary amides is 1. The average Bonchev–Trinajstić information content (AvgIpc) is 2.16. The number of amides is 1. The molecule has 1 amide bonds. The zero-order valence-electron chi connectivity index (χ0n) is 9.07. The Morgan fingerprint density at radius 2 is 2.29 bits per heavy atom. The number of carbonyl (C=O) groups excluding carboxylic acids is 1. The van der Waals surface area contributed by atoms with Crippen LogP contribution >= 0.6 is 0 Å². The van der Waals surface area contributed by atoms with E-state index in [0.29, 0.717) is 25.4 Å². The lowest BCUT2D eigenvalue weighted by atomic mass is 10.2. The third kappa shape index (κ3) is 5.94. The molecule has 1 atom stereocenters. The second-order valence-corrected chi connectivity index (χ2v) is 3.41. The van der Waals surface area contributed by atoms with Crippen LogP contribution in [0.4, 0.5) is 0 Å². The highest BCUT2D eigenvalue weighted by Gasteiger charge is 2.12. The van der Waals surface area contributed by atoms with Gasteiger partial charge in [-0.3, -0.25) is 9.69 Å². The second kappa shape index (κ2) is 7.76. The van der Waals surface area contributed by atoms with E-state index < -0.39 is 0 Å². The molecule has 14 heavy (non-hydrogen) atoms. The van der Waals surface area contributed by atoms with Crippen LogP contribution in [0.15, 0.2) is 0 Å². The summed E-state index contributed by atoms with van der Waals surface area (Å²) in [5, 5.41) is 8.70. The first kappa shape index (κ1) is 13.4. The maximum Gasteiger partial charge on any atom is 0.218 e. The van der Waals surface area contributed by atoms with Crippen LogP contribution in [-0.2, 0) is 4.79 Å². The Morgan fingerprint density at radius 1 is 1.64 bits per heavy atom. The third-order valence-electron chi connectivity index (χ3n) is 2.27. The topological polar surface area (TPSA) is 66.6 Å². The predicted octanol–water partition coefficient (Wildman–Crippen LogP) is 0.506. The summed E-state index contributed by atoms with van der Waals surface area (Å²) in [4.78, 5) is 12.7. The number of nitrogens with zero attached hydrogens (tertiary/aromatic N) is 1. The maximum atomic E-state index is 10.6. The molecule has 0 aromatic heterocycles. The van der Waals surface area contributed by atoms with Crippen LogP contribution in [-0.4, -0.2) is 35.1 Å². The zero-order valence-corrected chi connectivity index (χ0v) is 9.07. The van der Waals surface area contributed by atoms with E-state index in [1.807, 2.05) is 6.54 Å². The number of rotatable bonds is 8. The first-order chi connectivity index (χ1) is 6.61. The summed E-state index contributed by atoms with van der Waals surface area (Å²) in [6.45, 7) is 6.91. The molecule has 0 unspecified atom stereocenters. The van der Waals surface area contributed by atoms with Gasteiger partial charge in [0, 0.05) is 32.2 Å². The number of carbonyl (C=O) groups is 1. The van der Waals surface area contributed by atoms with Gasteiger partial charge in [-0.25, -0.2) is 0 Å². The van der Waals surface area contributed by atoms with Crippen molar-refractivity contribution in [1.29, 1.82) is 0 Å². The zero-order chi connectivity index (χ0) is 11.0. The first-order valence-corrected chi connectivity index (χ1v) is 5.10. The molecular weight excluding hydrogens is 180 g/mol. The van der Waals surface area contributed by atoms with E-state index in [1.165, 1.54) is 0 Å². The maximum absolute atomic E-state index is 10.6. The van der Waals surface area contributed by atoms with Gasteiger partial charge in [-0.05, 0) is 19.8 Å². The van der Waals surface area contributed by atoms with Crippen LogP contribution in [0.25, 0.3) is 0 Å². The molecule has 4 heteroatoms. The van der Waals surface area contributed by atoms with Crippen molar-refractivity contribution in [2.24, 2.45) is 5.73 Å². The fourth-order valence-corrected chi connectivity index (χ4v) is 1.19. The monoisotopic (exact) mass is 201 g/mol. The lowest BCUT2D eigenvalue weighted by Gasteiger charge is -2.27. The van der Waals surface area contributed by atoms with E-state index >= 15 is 0 Å². The summed E-state index contributed by atoms with van der Waals surface area (Å²) in [5.74, 6) is -0.282. The quantitative estimate of drug-likeness (QED) is 0.601. The largest absolute Gasteiger partial charge is 0.396 e. The van der Waals surface area contributed by atoms with Gasteiger partial charge in [-0.2, -0.15) is 0 Å². The smallest absolute Gasteiger partial charge is 0.218 e. The van der Waals surface area contributed by atoms with Crippen molar-refractivity contribution in [2.75, 3.05) is 13.2 Å². The Morgan fingerprint density at radius 3 is 2.71 bits per heavy atom. The van der Waals surface area contributed by atoms with E-state index in [4.69, 9.17) is 10.8 Å². The molecule has 0 bridgehead atoms. The summed E-state index contributed by atoms with van der Waals surface area (Å²) in [5.41, 5.74) is 5.08. The van der Waals surface area contributed by atoms with Crippen LogP contribution in [0.3, 0.4) is 0 Å². The van der Waals surface area contributed by atoms with Crippen LogP contribution in [0.1, 0.15) is 33.1 Å². The van der Waals surface area contributed by atoms with Crippen LogP contribution in [0, 0.1) is 6.54 Å². The van der Waals surface area contributed by atoms with E-state index in [0.717, 1.165) is 6.42 Å². The van der Waals surface area contributed by atoms with Gasteiger partial charge in [0.15, 0.2) is 0 Å². The molecule has 0 fully saturated rings. The minimum Gasteiger partial charge on any atom is -0.396 e. The van der Waals surface area contributed by atoms with Crippen molar-refractivity contribution < 1.29 is 9.90 Å². The van der Waals surface area contributed by atoms with Gasteiger partial charge in [0.25, 0.3) is 0 Å². The molecule has 0 aromatic rings. The number of hydrogen-bond acceptors (Lipinski definition) is 3. The molecule has 0 saturated carbocycles. The van der Waals surface area contributed by atoms with Crippen molar-refractivity contribution in [2.45, 2.75) is 39.2 Å². The molecule has 0 aliphatic carbocycles. The summed E-state index contributed by atoms with van der Waals surface area (Å²) in [6.07, 6.45) is 2.01. The molecule has 0 aromatic carbocycles. The van der Waals surface area contributed by atoms with Gasteiger partial charge in [0.2, 0.25) is 5.91 Å². The van der Waals surface area contributed by atoms with Gasteiger partial charge >= 0.3 is 0 Å². The standard InChI is InChI=1S/C10H21N2O2/c1-3-9(2)12(6-4-8-13)7-5-10(11)14/h6,9,13H,3-5,7-8H2,1-2H3,(H2,11,14)/t9-/m1/s1. The lowest BCUT2D eigenvalue weighted by Crippen LogP contribution is -2.33. The fraction of sp³-hybridized carbons (Fsp3) is 0.800. The second-order valence-electron chi connectivity index (χ2n) is 3.41. The van der Waals surface area contributed by atoms with E-state index in [-0.39, 0.29) is 12.5 Å². The SMILES string of the molecule is CC[C@@H](C)N([CH]CCO)CCC(N)=O. The molecule has 0 aliphatic rings. The highest BCUT2D eigenvalue weighted by atomic mass is 16.3. The van der Waals surface area contributed by atoms with E-state index in [9.17, 15) is 4.79 Å². The van der Waals surface area contributed by atoms with Crippen molar-refractivity contribution in [1.82, 2.24) is 4.90 Å². The molecular formula is C10H21N2O2. The molecule has 83 valence electrons. The van der Waals surface area contributed by atoms with Crippen LogP contribution in [0.2, 0.25) is 0 Å². The molecule has 4 nitrogen and oxygen atoms in total. The minimum absolute atomic E-state index is 0.142. The molecule has 1 radical (unpaired) electrons. The van der Waals surface area contributed by atoms with Crippen LogP contribution in [0.5, 0.6) is 0 Å². The molecule has 0 spiro atoms. The predicted molar refractivity (Wildman–Crippen MR) is 56.3 cm³/mol. The number of hydrogen-bond donors (Lipinski definition) is 2. The lowest BCUT2D eigenvalue weighted by molar-refractivity contribution is -0.118. The summed E-state index contributed by atoms with van der Waals surface area (Å²) in [6, 6.07) is 0.390. The van der Waals surface area contributed by atoms with E-state index in [2.05, 4.69) is 18.7 Å². The summed E-state index contributed by atoms with van der Waals surface area (Å²) in [7, 11) is 0. The average molecular weight is 201 g/mol. The number of aliphatic hydroxyl groups is 1. The Balaban J connectivity index is 3.89. The van der Waals surface area contributed by atoms with Gasteiger partial charge in [0.1, 0.15) is 0 Å². The van der Waals surface area contributed by atoms with Gasteiger partial charge in [0.05, 0.1) is 0 Å². The fourth-order valence-electron chi connectivity index (χ4n) is 1.19. The Kier molecular flexibility index (Phi) is 7.42. The molecule has 0 saturated heterocycles. The van der Waals surface area contributed by atoms with E-state index in [1.54, 1.807) is 0 Å². The molecule has 3 N–H and O–H groups in total. The van der Waals surface area contributed by atoms with Crippen molar-refractivity contribution >= 4 is 5.91 Å². The molecule has 0 rings (SSSR count). The molecule has 0 heterocycles. The van der Waals surface area contributed by atoms with Crippen molar-refractivity contribution in [3.8, 4) is 0 Å². The van der Waals surface area contributed by atoms with Crippen molar-refractivity contribution in [3.05, 3.63) is 6.54 Å². The number of nitrogens with two attached hydrogens (primary N) is 1. The Hall–Kier alpha value is -0.610. The molecule has 0 aliphatic heterocycles.